The van der Waals surface area contributed by atoms with Gasteiger partial charge >= 0.3 is 0 Å². The molecule has 0 N–H and O–H groups in total. The number of benzene rings is 2. The summed E-state index contributed by atoms with van der Waals surface area (Å²) in [6.07, 6.45) is 2.47. The number of hydrogen-bond donors (Lipinski definition) is 0. The minimum Gasteiger partial charge on any atom is -0.495 e. The first-order valence-electron chi connectivity index (χ1n) is 9.56. The number of hydrogen-bond acceptors (Lipinski definition) is 6. The van der Waals surface area contributed by atoms with Gasteiger partial charge in [0.25, 0.3) is 0 Å². The van der Waals surface area contributed by atoms with Crippen LogP contribution in [0.2, 0.25) is 0 Å². The van der Waals surface area contributed by atoms with Crippen LogP contribution in [0, 0.1) is 0 Å². The molecule has 0 atom stereocenters. The van der Waals surface area contributed by atoms with Crippen molar-refractivity contribution in [3.8, 4) is 23.0 Å². The summed E-state index contributed by atoms with van der Waals surface area (Å²) in [5.41, 5.74) is 3.00. The number of ketones is 1. The van der Waals surface area contributed by atoms with E-state index in [4.69, 9.17) is 18.9 Å². The summed E-state index contributed by atoms with van der Waals surface area (Å²) in [6.45, 7) is 2.94. The molecule has 6 heteroatoms. The molecule has 0 radical (unpaired) electrons. The Morgan fingerprint density at radius 1 is 1.07 bits per heavy atom. The molecule has 0 aromatic heterocycles. The van der Waals surface area contributed by atoms with Gasteiger partial charge < -0.3 is 23.8 Å². The Bertz CT molecular complexity index is 916. The van der Waals surface area contributed by atoms with Crippen molar-refractivity contribution < 1.29 is 23.7 Å². The van der Waals surface area contributed by atoms with Gasteiger partial charge in [-0.25, -0.2) is 0 Å². The second-order valence-electron chi connectivity index (χ2n) is 6.88. The number of carbonyl (C=O) groups is 1. The normalized spacial score (nSPS) is 13.1. The molecule has 0 amide bonds. The first kappa shape index (κ1) is 20.6. The summed E-state index contributed by atoms with van der Waals surface area (Å²) >= 11 is 0. The molecule has 1 aliphatic rings. The van der Waals surface area contributed by atoms with Crippen molar-refractivity contribution in [3.05, 3.63) is 47.0 Å². The van der Waals surface area contributed by atoms with E-state index in [1.54, 1.807) is 20.3 Å². The van der Waals surface area contributed by atoms with Gasteiger partial charge in [0.1, 0.15) is 19.0 Å². The molecule has 0 bridgehead atoms. The second kappa shape index (κ2) is 8.90. The molecule has 29 heavy (non-hydrogen) atoms. The lowest BCUT2D eigenvalue weighted by atomic mass is 9.98. The molecule has 154 valence electrons. The number of carbonyl (C=O) groups excluding carboxylic acids is 1. The fraction of sp³-hybridized carbons (Fsp3) is 0.348. The monoisotopic (exact) mass is 397 g/mol. The Labute approximate surface area is 171 Å². The first-order valence-corrected chi connectivity index (χ1v) is 9.56. The number of fused-ring (bicyclic) bond motifs is 1. The summed E-state index contributed by atoms with van der Waals surface area (Å²) < 4.78 is 22.2. The molecule has 0 unspecified atom stereocenters. The minimum atomic E-state index is -0.0212. The third-order valence-corrected chi connectivity index (χ3v) is 4.79. The minimum absolute atomic E-state index is 0.0212. The van der Waals surface area contributed by atoms with Crippen LogP contribution in [-0.2, 0) is 0 Å². The van der Waals surface area contributed by atoms with E-state index in [1.165, 1.54) is 0 Å². The lowest BCUT2D eigenvalue weighted by molar-refractivity contribution is 0.103. The molecule has 0 fully saturated rings. The van der Waals surface area contributed by atoms with E-state index in [2.05, 4.69) is 0 Å². The maximum atomic E-state index is 13.2. The van der Waals surface area contributed by atoms with Crippen LogP contribution in [0.1, 0.15) is 29.3 Å². The van der Waals surface area contributed by atoms with Gasteiger partial charge in [-0.3, -0.25) is 4.79 Å². The van der Waals surface area contributed by atoms with Crippen molar-refractivity contribution in [2.75, 3.05) is 46.4 Å². The summed E-state index contributed by atoms with van der Waals surface area (Å²) in [4.78, 5) is 15.1. The Hall–Kier alpha value is -3.15. The predicted molar refractivity (Wildman–Crippen MR) is 114 cm³/mol. The molecule has 6 nitrogen and oxygen atoms in total. The lowest BCUT2D eigenvalue weighted by Crippen LogP contribution is -2.16. The maximum Gasteiger partial charge on any atom is 0.203 e. The van der Waals surface area contributed by atoms with Gasteiger partial charge in [-0.15, -0.1) is 0 Å². The number of rotatable bonds is 7. The smallest absolute Gasteiger partial charge is 0.203 e. The largest absolute Gasteiger partial charge is 0.495 e. The van der Waals surface area contributed by atoms with Crippen LogP contribution < -0.4 is 23.8 Å². The van der Waals surface area contributed by atoms with E-state index in [-0.39, 0.29) is 5.78 Å². The van der Waals surface area contributed by atoms with Crippen LogP contribution in [0.3, 0.4) is 0 Å². The Balaban J connectivity index is 1.98. The van der Waals surface area contributed by atoms with Crippen LogP contribution in [0.15, 0.2) is 35.9 Å². The molecule has 0 saturated heterocycles. The van der Waals surface area contributed by atoms with Gasteiger partial charge in [-0.05, 0) is 48.4 Å². The van der Waals surface area contributed by atoms with E-state index in [1.807, 2.05) is 56.3 Å². The Kier molecular flexibility index (Phi) is 6.32. The molecule has 0 aliphatic carbocycles. The number of ether oxygens (including phenoxy) is 4. The molecule has 1 aliphatic heterocycles. The summed E-state index contributed by atoms with van der Waals surface area (Å²) in [5.74, 6) is 2.53. The van der Waals surface area contributed by atoms with Crippen molar-refractivity contribution in [1.29, 1.82) is 0 Å². The van der Waals surface area contributed by atoms with Crippen molar-refractivity contribution >= 4 is 17.5 Å². The van der Waals surface area contributed by atoms with Crippen molar-refractivity contribution in [2.45, 2.75) is 13.3 Å². The fourth-order valence-corrected chi connectivity index (χ4v) is 3.27. The van der Waals surface area contributed by atoms with E-state index in [0.29, 0.717) is 48.0 Å². The second-order valence-corrected chi connectivity index (χ2v) is 6.88. The van der Waals surface area contributed by atoms with Gasteiger partial charge in [0.05, 0.1) is 19.9 Å². The molecular weight excluding hydrogens is 370 g/mol. The van der Waals surface area contributed by atoms with Crippen LogP contribution >= 0.6 is 0 Å². The third kappa shape index (κ3) is 4.31. The average Bonchev–Trinajstić information content (AvgIpc) is 2.75. The highest BCUT2D eigenvalue weighted by atomic mass is 16.6. The highest BCUT2D eigenvalue weighted by Crippen LogP contribution is 2.41. The SMILES string of the molecule is CC/C(=C\c1cc(OC)c2c(c1)OCCO2)C(=O)c1ccc(OC)c(N(C)C)c1. The van der Waals surface area contributed by atoms with Crippen LogP contribution in [0.5, 0.6) is 23.0 Å². The van der Waals surface area contributed by atoms with Crippen LogP contribution in [0.25, 0.3) is 6.08 Å². The summed E-state index contributed by atoms with van der Waals surface area (Å²) in [6, 6.07) is 9.20. The maximum absolute atomic E-state index is 13.2. The topological polar surface area (TPSA) is 57.2 Å². The van der Waals surface area contributed by atoms with Crippen LogP contribution in [-0.4, -0.2) is 47.3 Å². The Morgan fingerprint density at radius 3 is 2.45 bits per heavy atom. The van der Waals surface area contributed by atoms with Crippen molar-refractivity contribution in [3.63, 3.8) is 0 Å². The predicted octanol–water partition coefficient (Wildman–Crippen LogP) is 4.22. The zero-order valence-electron chi connectivity index (χ0n) is 17.6. The fourth-order valence-electron chi connectivity index (χ4n) is 3.27. The first-order chi connectivity index (χ1) is 14.0. The quantitative estimate of drug-likeness (QED) is 0.515. The van der Waals surface area contributed by atoms with E-state index >= 15 is 0 Å². The van der Waals surface area contributed by atoms with E-state index in [9.17, 15) is 4.79 Å². The molecule has 2 aromatic rings. The summed E-state index contributed by atoms with van der Waals surface area (Å²) in [5, 5.41) is 0. The van der Waals surface area contributed by atoms with Gasteiger partial charge in [0, 0.05) is 25.2 Å². The number of Topliss-reactive ketones (excluding diaryl/α,β-unsaturated/α-hetero) is 1. The Morgan fingerprint density at radius 2 is 1.79 bits per heavy atom. The number of nitrogens with zero attached hydrogens (tertiary/aromatic N) is 1. The van der Waals surface area contributed by atoms with Gasteiger partial charge in [-0.2, -0.15) is 0 Å². The number of anilines is 1. The highest BCUT2D eigenvalue weighted by molar-refractivity contribution is 6.11. The standard InChI is InChI=1S/C23H27NO5/c1-6-16(22(25)17-7-8-19(26-4)18(14-17)24(2)3)11-15-12-20(27-5)23-21(13-15)28-9-10-29-23/h7-8,11-14H,6,9-10H2,1-5H3/b16-11+. The molecular formula is C23H27NO5. The van der Waals surface area contributed by atoms with Crippen molar-refractivity contribution in [1.82, 2.24) is 0 Å². The zero-order chi connectivity index (χ0) is 21.0. The van der Waals surface area contributed by atoms with Crippen LogP contribution in [0.4, 0.5) is 5.69 Å². The average molecular weight is 397 g/mol. The van der Waals surface area contributed by atoms with Gasteiger partial charge in [-0.1, -0.05) is 6.92 Å². The molecule has 3 rings (SSSR count). The van der Waals surface area contributed by atoms with E-state index in [0.717, 1.165) is 17.0 Å². The highest BCUT2D eigenvalue weighted by Gasteiger charge is 2.19. The molecule has 2 aromatic carbocycles. The van der Waals surface area contributed by atoms with E-state index < -0.39 is 0 Å². The van der Waals surface area contributed by atoms with Gasteiger partial charge in [0.15, 0.2) is 17.3 Å². The number of methoxy groups -OCH3 is 2. The van der Waals surface area contributed by atoms with Crippen molar-refractivity contribution in [2.24, 2.45) is 0 Å². The lowest BCUT2D eigenvalue weighted by Gasteiger charge is -2.21. The molecule has 0 saturated carbocycles. The third-order valence-electron chi connectivity index (χ3n) is 4.79. The van der Waals surface area contributed by atoms with Gasteiger partial charge in [0.2, 0.25) is 5.75 Å². The summed E-state index contributed by atoms with van der Waals surface area (Å²) in [7, 11) is 7.05. The molecule has 1 heterocycles. The molecule has 0 spiro atoms. The number of allylic oxidation sites excluding steroid dienone is 1. The zero-order valence-corrected chi connectivity index (χ0v) is 17.6.